The summed E-state index contributed by atoms with van der Waals surface area (Å²) in [4.78, 5) is 32.2. The molecule has 1 atom stereocenters. The predicted molar refractivity (Wildman–Crippen MR) is 134 cm³/mol. The van der Waals surface area contributed by atoms with Gasteiger partial charge in [-0.3, -0.25) is 14.5 Å². The van der Waals surface area contributed by atoms with Crippen molar-refractivity contribution in [2.45, 2.75) is 6.04 Å². The van der Waals surface area contributed by atoms with Crippen molar-refractivity contribution in [1.29, 1.82) is 0 Å². The number of aliphatic hydroxyl groups is 1. The van der Waals surface area contributed by atoms with E-state index < -0.39 is 23.5 Å². The molecule has 0 spiro atoms. The molecule has 1 aliphatic rings. The Bertz CT molecular complexity index is 1550. The topological polar surface area (TPSA) is 79.7 Å². The Kier molecular flexibility index (Phi) is 5.96. The summed E-state index contributed by atoms with van der Waals surface area (Å²) in [6.07, 6.45) is 0. The number of carbonyl (C=O) groups is 2. The Labute approximate surface area is 212 Å². The number of rotatable bonds is 4. The van der Waals surface area contributed by atoms with E-state index in [9.17, 15) is 19.1 Å². The number of anilines is 1. The molecule has 1 saturated heterocycles. The minimum Gasteiger partial charge on any atom is -0.507 e. The first-order valence-corrected chi connectivity index (χ1v) is 11.8. The molecule has 2 heterocycles. The third kappa shape index (κ3) is 4.03. The Morgan fingerprint density at radius 2 is 1.89 bits per heavy atom. The van der Waals surface area contributed by atoms with Crippen molar-refractivity contribution in [3.8, 4) is 5.75 Å². The first kappa shape index (κ1) is 23.3. The zero-order valence-corrected chi connectivity index (χ0v) is 20.3. The number of fused-ring (bicyclic) bond motifs is 1. The van der Waals surface area contributed by atoms with Crippen LogP contribution in [0.25, 0.3) is 16.0 Å². The van der Waals surface area contributed by atoms with E-state index in [0.717, 1.165) is 11.3 Å². The largest absolute Gasteiger partial charge is 0.507 e. The van der Waals surface area contributed by atoms with Gasteiger partial charge >= 0.3 is 5.91 Å². The second-order valence-corrected chi connectivity index (χ2v) is 9.51. The van der Waals surface area contributed by atoms with Crippen LogP contribution in [0.15, 0.2) is 66.2 Å². The highest BCUT2D eigenvalue weighted by molar-refractivity contribution is 7.22. The molecule has 0 radical (unpaired) electrons. The second kappa shape index (κ2) is 8.96. The number of ether oxygens (including phenoxy) is 1. The minimum absolute atomic E-state index is 0.146. The lowest BCUT2D eigenvalue weighted by Gasteiger charge is -2.23. The van der Waals surface area contributed by atoms with Crippen LogP contribution in [0.5, 0.6) is 5.75 Å². The third-order valence-electron chi connectivity index (χ3n) is 5.59. The number of carbonyl (C=O) groups excluding carboxylic acids is 2. The zero-order valence-electron chi connectivity index (χ0n) is 18.0. The number of amides is 1. The summed E-state index contributed by atoms with van der Waals surface area (Å²) in [5.74, 6) is -2.15. The lowest BCUT2D eigenvalue weighted by Crippen LogP contribution is -2.29. The molecule has 3 aromatic carbocycles. The number of Topliss-reactive ketones (excluding diaryl/α,β-unsaturated/α-hetero) is 1. The Hall–Kier alpha value is -3.46. The fraction of sp³-hybridized carbons (Fsp3) is 0.0800. The maximum Gasteiger partial charge on any atom is 0.301 e. The first-order valence-electron chi connectivity index (χ1n) is 10.2. The van der Waals surface area contributed by atoms with Crippen LogP contribution < -0.4 is 9.64 Å². The molecule has 176 valence electrons. The molecular weight excluding hydrogens is 514 g/mol. The van der Waals surface area contributed by atoms with Gasteiger partial charge in [-0.25, -0.2) is 9.37 Å². The SMILES string of the molecule is COc1cccc(/C(O)=C2\C(=O)C(=O)N(c3nc4ccc(F)cc4s3)C2c2ccc(Cl)c(Cl)c2)c1. The molecule has 5 rings (SSSR count). The molecule has 4 aromatic rings. The number of hydrogen-bond donors (Lipinski definition) is 1. The summed E-state index contributed by atoms with van der Waals surface area (Å²) in [6.45, 7) is 0. The van der Waals surface area contributed by atoms with Gasteiger partial charge in [0.05, 0.1) is 39.0 Å². The molecule has 1 fully saturated rings. The Morgan fingerprint density at radius 3 is 2.63 bits per heavy atom. The average molecular weight is 529 g/mol. The number of thiazole rings is 1. The van der Waals surface area contributed by atoms with Gasteiger partial charge < -0.3 is 9.84 Å². The van der Waals surface area contributed by atoms with Crippen LogP contribution >= 0.6 is 34.5 Å². The molecule has 0 bridgehead atoms. The fourth-order valence-electron chi connectivity index (χ4n) is 3.94. The monoisotopic (exact) mass is 528 g/mol. The van der Waals surface area contributed by atoms with Crippen molar-refractivity contribution < 1.29 is 23.8 Å². The van der Waals surface area contributed by atoms with E-state index >= 15 is 0 Å². The van der Waals surface area contributed by atoms with Crippen molar-refractivity contribution in [1.82, 2.24) is 4.98 Å². The Balaban J connectivity index is 1.75. The van der Waals surface area contributed by atoms with Crippen LogP contribution in [-0.4, -0.2) is 28.9 Å². The summed E-state index contributed by atoms with van der Waals surface area (Å²) in [6, 6.07) is 14.2. The standard InChI is InChI=1S/C25H15Cl2FN2O4S/c1-34-15-4-2-3-13(9-15)22(31)20-21(12-5-7-16(26)17(27)10-12)30(24(33)23(20)32)25-29-18-8-6-14(28)11-19(18)35-25/h2-11,21,31H,1H3/b22-20+. The molecule has 10 heteroatoms. The molecule has 1 amide bonds. The fourth-order valence-corrected chi connectivity index (χ4v) is 5.27. The van der Waals surface area contributed by atoms with Crippen molar-refractivity contribution in [2.24, 2.45) is 0 Å². The average Bonchev–Trinajstić information content (AvgIpc) is 3.38. The summed E-state index contributed by atoms with van der Waals surface area (Å²) in [7, 11) is 1.48. The van der Waals surface area contributed by atoms with Gasteiger partial charge in [-0.05, 0) is 48.0 Å². The van der Waals surface area contributed by atoms with Crippen LogP contribution in [0.3, 0.4) is 0 Å². The van der Waals surface area contributed by atoms with Crippen LogP contribution in [0.1, 0.15) is 17.2 Å². The molecule has 1 unspecified atom stereocenters. The van der Waals surface area contributed by atoms with E-state index in [4.69, 9.17) is 27.9 Å². The summed E-state index contributed by atoms with van der Waals surface area (Å²) in [5, 5.41) is 11.9. The number of aromatic nitrogens is 1. The van der Waals surface area contributed by atoms with Crippen LogP contribution in [-0.2, 0) is 9.59 Å². The summed E-state index contributed by atoms with van der Waals surface area (Å²) >= 11 is 13.4. The number of aliphatic hydroxyl groups excluding tert-OH is 1. The van der Waals surface area contributed by atoms with E-state index in [1.807, 2.05) is 0 Å². The molecule has 1 aliphatic heterocycles. The molecule has 0 aliphatic carbocycles. The number of ketones is 1. The van der Waals surface area contributed by atoms with Crippen molar-refractivity contribution >= 4 is 67.3 Å². The minimum atomic E-state index is -1.05. The molecule has 6 nitrogen and oxygen atoms in total. The predicted octanol–water partition coefficient (Wildman–Crippen LogP) is 6.38. The normalized spacial score (nSPS) is 17.4. The van der Waals surface area contributed by atoms with Crippen molar-refractivity contribution in [2.75, 3.05) is 12.0 Å². The highest BCUT2D eigenvalue weighted by Gasteiger charge is 2.48. The molecule has 35 heavy (non-hydrogen) atoms. The van der Waals surface area contributed by atoms with Gasteiger partial charge in [0.1, 0.15) is 17.3 Å². The lowest BCUT2D eigenvalue weighted by molar-refractivity contribution is -0.132. The van der Waals surface area contributed by atoms with E-state index in [1.165, 1.54) is 36.3 Å². The van der Waals surface area contributed by atoms with Gasteiger partial charge in [-0.1, -0.05) is 52.7 Å². The number of hydrogen-bond acceptors (Lipinski definition) is 6. The Morgan fingerprint density at radius 1 is 1.09 bits per heavy atom. The van der Waals surface area contributed by atoms with E-state index in [2.05, 4.69) is 4.98 Å². The number of halogens is 3. The van der Waals surface area contributed by atoms with E-state index in [0.29, 0.717) is 27.1 Å². The maximum absolute atomic E-state index is 13.8. The van der Waals surface area contributed by atoms with E-state index in [-0.39, 0.29) is 26.5 Å². The van der Waals surface area contributed by atoms with E-state index in [1.54, 1.807) is 36.4 Å². The number of benzene rings is 3. The summed E-state index contributed by atoms with van der Waals surface area (Å²) < 4.78 is 19.5. The molecule has 1 N–H and O–H groups in total. The van der Waals surface area contributed by atoms with Crippen molar-refractivity contribution in [3.05, 3.63) is 93.2 Å². The second-order valence-electron chi connectivity index (χ2n) is 7.68. The highest BCUT2D eigenvalue weighted by Crippen LogP contribution is 2.45. The molecule has 1 aromatic heterocycles. The molecular formula is C25H15Cl2FN2O4S. The maximum atomic E-state index is 13.8. The zero-order chi connectivity index (χ0) is 24.9. The van der Waals surface area contributed by atoms with Crippen LogP contribution in [0, 0.1) is 5.82 Å². The van der Waals surface area contributed by atoms with Crippen LogP contribution in [0.2, 0.25) is 10.0 Å². The number of nitrogens with zero attached hydrogens (tertiary/aromatic N) is 2. The first-order chi connectivity index (χ1) is 16.8. The van der Waals surface area contributed by atoms with Gasteiger partial charge in [0.2, 0.25) is 0 Å². The lowest BCUT2D eigenvalue weighted by atomic mass is 9.95. The summed E-state index contributed by atoms with van der Waals surface area (Å²) in [5.41, 5.74) is 1.05. The smallest absolute Gasteiger partial charge is 0.301 e. The number of methoxy groups -OCH3 is 1. The van der Waals surface area contributed by atoms with Crippen molar-refractivity contribution in [3.63, 3.8) is 0 Å². The molecule has 0 saturated carbocycles. The quantitative estimate of drug-likeness (QED) is 0.189. The van der Waals surface area contributed by atoms with Gasteiger partial charge in [0, 0.05) is 5.56 Å². The van der Waals surface area contributed by atoms with Gasteiger partial charge in [0.15, 0.2) is 5.13 Å². The van der Waals surface area contributed by atoms with Gasteiger partial charge in [-0.2, -0.15) is 0 Å². The van der Waals surface area contributed by atoms with Gasteiger partial charge in [-0.15, -0.1) is 0 Å². The van der Waals surface area contributed by atoms with Gasteiger partial charge in [0.25, 0.3) is 5.78 Å². The third-order valence-corrected chi connectivity index (χ3v) is 7.35. The van der Waals surface area contributed by atoms with Crippen LogP contribution in [0.4, 0.5) is 9.52 Å². The highest BCUT2D eigenvalue weighted by atomic mass is 35.5.